The van der Waals surface area contributed by atoms with E-state index in [0.717, 1.165) is 11.1 Å². The van der Waals surface area contributed by atoms with Crippen LogP contribution in [0.15, 0.2) is 76.3 Å². The summed E-state index contributed by atoms with van der Waals surface area (Å²) in [4.78, 5) is 28.2. The molecule has 122 valence electrons. The van der Waals surface area contributed by atoms with E-state index in [1.54, 1.807) is 0 Å². The molecule has 4 nitrogen and oxygen atoms in total. The van der Waals surface area contributed by atoms with E-state index in [2.05, 4.69) is 4.98 Å². The summed E-state index contributed by atoms with van der Waals surface area (Å²) >= 11 is 0. The van der Waals surface area contributed by atoms with Gasteiger partial charge >= 0.3 is 5.69 Å². The highest BCUT2D eigenvalue weighted by Gasteiger charge is 2.20. The van der Waals surface area contributed by atoms with Crippen LogP contribution in [0.4, 0.5) is 0 Å². The van der Waals surface area contributed by atoms with Crippen molar-refractivity contribution >= 4 is 0 Å². The summed E-state index contributed by atoms with van der Waals surface area (Å²) in [6, 6.07) is 20.3. The van der Waals surface area contributed by atoms with Crippen LogP contribution in [0.5, 0.6) is 0 Å². The van der Waals surface area contributed by atoms with E-state index in [1.807, 2.05) is 74.5 Å². The van der Waals surface area contributed by atoms with Crippen LogP contribution in [0.1, 0.15) is 42.6 Å². The van der Waals surface area contributed by atoms with E-state index >= 15 is 0 Å². The lowest BCUT2D eigenvalue weighted by molar-refractivity contribution is 0.597. The molecule has 0 saturated heterocycles. The molecular weight excluding hydrogens is 300 g/mol. The lowest BCUT2D eigenvalue weighted by Gasteiger charge is -2.20. The highest BCUT2D eigenvalue weighted by atomic mass is 16.2. The van der Waals surface area contributed by atoms with Gasteiger partial charge in [-0.1, -0.05) is 74.5 Å². The number of hydrogen-bond donors (Lipinski definition) is 1. The number of aromatic nitrogens is 2. The standard InChI is InChI=1S/C20H20N2O2/c1-14(2)17-13-18(23)22(20(24)21-17)19(15-9-5-3-6-10-15)16-11-7-4-8-12-16/h3-14,19H,1-2H3,(H,21,24). The van der Waals surface area contributed by atoms with Crippen LogP contribution in [0.3, 0.4) is 0 Å². The second-order valence-electron chi connectivity index (χ2n) is 6.12. The van der Waals surface area contributed by atoms with Crippen molar-refractivity contribution < 1.29 is 0 Å². The lowest BCUT2D eigenvalue weighted by atomic mass is 9.98. The first-order valence-corrected chi connectivity index (χ1v) is 8.03. The van der Waals surface area contributed by atoms with Crippen molar-refractivity contribution in [1.29, 1.82) is 0 Å². The van der Waals surface area contributed by atoms with Gasteiger partial charge in [0.1, 0.15) is 0 Å². The number of nitrogens with one attached hydrogen (secondary N) is 1. The SMILES string of the molecule is CC(C)c1cc(=O)n(C(c2ccccc2)c2ccccc2)c(=O)[nH]1. The summed E-state index contributed by atoms with van der Waals surface area (Å²) in [6.07, 6.45) is 0. The van der Waals surface area contributed by atoms with Crippen molar-refractivity contribution in [2.24, 2.45) is 0 Å². The fourth-order valence-electron chi connectivity index (χ4n) is 2.84. The third kappa shape index (κ3) is 3.08. The summed E-state index contributed by atoms with van der Waals surface area (Å²) in [5, 5.41) is 0. The molecule has 4 heteroatoms. The second kappa shape index (κ2) is 6.71. The fraction of sp³-hybridized carbons (Fsp3) is 0.200. The summed E-state index contributed by atoms with van der Waals surface area (Å²) in [5.74, 6) is 0.0898. The number of hydrogen-bond acceptors (Lipinski definition) is 2. The van der Waals surface area contributed by atoms with Crippen LogP contribution in [-0.4, -0.2) is 9.55 Å². The predicted octanol–water partition coefficient (Wildman–Crippen LogP) is 3.30. The van der Waals surface area contributed by atoms with Crippen molar-refractivity contribution in [3.05, 3.63) is 104 Å². The number of aromatic amines is 1. The molecule has 0 amide bonds. The summed E-state index contributed by atoms with van der Waals surface area (Å²) in [7, 11) is 0. The van der Waals surface area contributed by atoms with E-state index in [4.69, 9.17) is 0 Å². The number of H-pyrrole nitrogens is 1. The molecular formula is C20H20N2O2. The van der Waals surface area contributed by atoms with Crippen LogP contribution >= 0.6 is 0 Å². The van der Waals surface area contributed by atoms with Crippen LogP contribution < -0.4 is 11.2 Å². The van der Waals surface area contributed by atoms with Gasteiger partial charge in [0.05, 0.1) is 6.04 Å². The number of benzene rings is 2. The first-order valence-electron chi connectivity index (χ1n) is 8.03. The van der Waals surface area contributed by atoms with Gasteiger partial charge in [-0.2, -0.15) is 0 Å². The molecule has 0 saturated carbocycles. The Hall–Kier alpha value is -2.88. The zero-order valence-electron chi connectivity index (χ0n) is 13.8. The molecule has 1 heterocycles. The van der Waals surface area contributed by atoms with Gasteiger partial charge in [0, 0.05) is 11.8 Å². The third-order valence-electron chi connectivity index (χ3n) is 4.10. The van der Waals surface area contributed by atoms with Crippen molar-refractivity contribution in [2.75, 3.05) is 0 Å². The van der Waals surface area contributed by atoms with Gasteiger partial charge in [0.15, 0.2) is 0 Å². The molecule has 2 aromatic carbocycles. The predicted molar refractivity (Wildman–Crippen MR) is 95.5 cm³/mol. The van der Waals surface area contributed by atoms with E-state index in [0.29, 0.717) is 5.69 Å². The zero-order chi connectivity index (χ0) is 17.1. The van der Waals surface area contributed by atoms with Crippen molar-refractivity contribution in [2.45, 2.75) is 25.8 Å². The van der Waals surface area contributed by atoms with Crippen molar-refractivity contribution in [3.8, 4) is 0 Å². The number of rotatable bonds is 4. The monoisotopic (exact) mass is 320 g/mol. The average Bonchev–Trinajstić information content (AvgIpc) is 2.59. The molecule has 0 bridgehead atoms. The molecule has 3 aromatic rings. The Morgan fingerprint density at radius 1 is 0.833 bits per heavy atom. The minimum Gasteiger partial charge on any atom is -0.311 e. The van der Waals surface area contributed by atoms with Crippen molar-refractivity contribution in [1.82, 2.24) is 9.55 Å². The first kappa shape index (κ1) is 16.0. The Balaban J connectivity index is 2.25. The van der Waals surface area contributed by atoms with Gasteiger partial charge in [-0.25, -0.2) is 9.36 Å². The molecule has 0 aliphatic rings. The average molecular weight is 320 g/mol. The Morgan fingerprint density at radius 3 is 1.75 bits per heavy atom. The van der Waals surface area contributed by atoms with E-state index in [-0.39, 0.29) is 17.2 Å². The maximum Gasteiger partial charge on any atom is 0.329 e. The lowest BCUT2D eigenvalue weighted by Crippen LogP contribution is -2.39. The Bertz CT molecular complexity index is 854. The minimum absolute atomic E-state index is 0.0898. The van der Waals surface area contributed by atoms with Gasteiger partial charge in [0.2, 0.25) is 0 Å². The highest BCUT2D eigenvalue weighted by Crippen LogP contribution is 2.24. The molecule has 1 aromatic heterocycles. The molecule has 0 fully saturated rings. The maximum absolute atomic E-state index is 12.7. The topological polar surface area (TPSA) is 54.9 Å². The normalized spacial score (nSPS) is 11.2. The van der Waals surface area contributed by atoms with Gasteiger partial charge in [-0.3, -0.25) is 4.79 Å². The van der Waals surface area contributed by atoms with Crippen LogP contribution in [0, 0.1) is 0 Å². The van der Waals surface area contributed by atoms with Crippen LogP contribution in [0.2, 0.25) is 0 Å². The summed E-state index contributed by atoms with van der Waals surface area (Å²) in [5.41, 5.74) is 1.77. The smallest absolute Gasteiger partial charge is 0.311 e. The molecule has 0 unspecified atom stereocenters. The molecule has 3 rings (SSSR count). The molecule has 1 N–H and O–H groups in total. The van der Waals surface area contributed by atoms with E-state index < -0.39 is 6.04 Å². The molecule has 0 radical (unpaired) electrons. The maximum atomic E-state index is 12.7. The van der Waals surface area contributed by atoms with Crippen LogP contribution in [-0.2, 0) is 0 Å². The molecule has 0 atom stereocenters. The fourth-order valence-corrected chi connectivity index (χ4v) is 2.84. The third-order valence-corrected chi connectivity index (χ3v) is 4.10. The Morgan fingerprint density at radius 2 is 1.33 bits per heavy atom. The van der Waals surface area contributed by atoms with Crippen molar-refractivity contribution in [3.63, 3.8) is 0 Å². The van der Waals surface area contributed by atoms with Crippen LogP contribution in [0.25, 0.3) is 0 Å². The van der Waals surface area contributed by atoms with Gasteiger partial charge in [-0.05, 0) is 17.0 Å². The van der Waals surface area contributed by atoms with Gasteiger partial charge in [-0.15, -0.1) is 0 Å². The Kier molecular flexibility index (Phi) is 4.47. The minimum atomic E-state index is -0.454. The van der Waals surface area contributed by atoms with E-state index in [1.165, 1.54) is 10.6 Å². The van der Waals surface area contributed by atoms with E-state index in [9.17, 15) is 9.59 Å². The zero-order valence-corrected chi connectivity index (χ0v) is 13.8. The first-order chi connectivity index (χ1) is 11.6. The molecule has 0 aliphatic carbocycles. The Labute approximate surface area is 140 Å². The summed E-state index contributed by atoms with van der Waals surface area (Å²) in [6.45, 7) is 3.89. The summed E-state index contributed by atoms with van der Waals surface area (Å²) < 4.78 is 1.29. The second-order valence-corrected chi connectivity index (χ2v) is 6.12. The molecule has 24 heavy (non-hydrogen) atoms. The largest absolute Gasteiger partial charge is 0.329 e. The molecule has 0 aliphatic heterocycles. The molecule has 0 spiro atoms. The van der Waals surface area contributed by atoms with Gasteiger partial charge < -0.3 is 4.98 Å². The quantitative estimate of drug-likeness (QED) is 0.802. The number of nitrogens with zero attached hydrogens (tertiary/aromatic N) is 1. The van der Waals surface area contributed by atoms with Gasteiger partial charge in [0.25, 0.3) is 5.56 Å². The highest BCUT2D eigenvalue weighted by molar-refractivity contribution is 5.32.